The molecule has 3 rings (SSSR count). The smallest absolute Gasteiger partial charge is 0.252 e. The molecule has 1 N–H and O–H groups in total. The number of benzene rings is 2. The lowest BCUT2D eigenvalue weighted by Gasteiger charge is -2.08. The fourth-order valence-corrected chi connectivity index (χ4v) is 2.03. The number of hydrogen-bond donors (Lipinski definition) is 1. The molecule has 94 valence electrons. The van der Waals surface area contributed by atoms with Crippen LogP contribution in [0.25, 0.3) is 10.9 Å². The molecule has 0 atom stereocenters. The minimum Gasteiger partial charge on any atom is -0.488 e. The van der Waals surface area contributed by atoms with E-state index in [4.69, 9.17) is 4.74 Å². The maximum absolute atomic E-state index is 11.6. The topological polar surface area (TPSA) is 42.1 Å². The molecular formula is C16H13NO2. The minimum absolute atomic E-state index is 0.151. The van der Waals surface area contributed by atoms with Gasteiger partial charge in [0.2, 0.25) is 0 Å². The molecule has 0 radical (unpaired) electrons. The Kier molecular flexibility index (Phi) is 3.02. The largest absolute Gasteiger partial charge is 0.488 e. The monoisotopic (exact) mass is 251 g/mol. The lowest BCUT2D eigenvalue weighted by Crippen LogP contribution is -2.06. The maximum Gasteiger partial charge on any atom is 0.252 e. The third kappa shape index (κ3) is 2.50. The fraction of sp³-hybridized carbons (Fsp3) is 0.0625. The number of rotatable bonds is 3. The summed E-state index contributed by atoms with van der Waals surface area (Å²) in [5, 5.41) is 0.915. The van der Waals surface area contributed by atoms with Crippen LogP contribution in [0.5, 0.6) is 5.75 Å². The van der Waals surface area contributed by atoms with Crippen molar-refractivity contribution in [3.63, 3.8) is 0 Å². The third-order valence-electron chi connectivity index (χ3n) is 2.95. The van der Waals surface area contributed by atoms with Crippen molar-refractivity contribution in [3.8, 4) is 5.75 Å². The summed E-state index contributed by atoms with van der Waals surface area (Å²) in [4.78, 5) is 14.4. The van der Waals surface area contributed by atoms with Gasteiger partial charge in [0.1, 0.15) is 12.4 Å². The van der Waals surface area contributed by atoms with Crippen LogP contribution in [0.2, 0.25) is 0 Å². The molecule has 19 heavy (non-hydrogen) atoms. The Labute approximate surface area is 110 Å². The van der Waals surface area contributed by atoms with Gasteiger partial charge < -0.3 is 9.72 Å². The lowest BCUT2D eigenvalue weighted by molar-refractivity contribution is 0.309. The Bertz CT molecular complexity index is 747. The van der Waals surface area contributed by atoms with E-state index in [-0.39, 0.29) is 5.56 Å². The summed E-state index contributed by atoms with van der Waals surface area (Å²) in [6, 6.07) is 19.0. The van der Waals surface area contributed by atoms with Crippen molar-refractivity contribution < 1.29 is 4.74 Å². The summed E-state index contributed by atoms with van der Waals surface area (Å²) in [5.41, 5.74) is 1.71. The van der Waals surface area contributed by atoms with Gasteiger partial charge in [-0.2, -0.15) is 0 Å². The van der Waals surface area contributed by atoms with Crippen molar-refractivity contribution in [2.75, 3.05) is 0 Å². The standard InChI is InChI=1S/C16H13NO2/c18-16-10-15(13-8-4-5-9-14(13)17-16)19-11-12-6-2-1-3-7-12/h1-10H,11H2,(H,17,18). The van der Waals surface area contributed by atoms with Gasteiger partial charge in [-0.05, 0) is 17.7 Å². The van der Waals surface area contributed by atoms with Crippen LogP contribution >= 0.6 is 0 Å². The quantitative estimate of drug-likeness (QED) is 0.777. The van der Waals surface area contributed by atoms with Crippen LogP contribution in [-0.2, 0) is 6.61 Å². The van der Waals surface area contributed by atoms with Gasteiger partial charge in [0.05, 0.1) is 5.52 Å². The van der Waals surface area contributed by atoms with Crippen molar-refractivity contribution in [2.24, 2.45) is 0 Å². The summed E-state index contributed by atoms with van der Waals surface area (Å²) in [7, 11) is 0. The molecule has 3 aromatic rings. The first-order valence-electron chi connectivity index (χ1n) is 6.12. The predicted octanol–water partition coefficient (Wildman–Crippen LogP) is 3.11. The average Bonchev–Trinajstić information content (AvgIpc) is 2.45. The van der Waals surface area contributed by atoms with E-state index in [0.717, 1.165) is 16.5 Å². The number of H-pyrrole nitrogens is 1. The minimum atomic E-state index is -0.151. The number of pyridine rings is 1. The maximum atomic E-state index is 11.6. The van der Waals surface area contributed by atoms with Crippen LogP contribution in [0.3, 0.4) is 0 Å². The van der Waals surface area contributed by atoms with E-state index in [1.54, 1.807) is 0 Å². The van der Waals surface area contributed by atoms with Crippen LogP contribution in [0, 0.1) is 0 Å². The number of ether oxygens (including phenoxy) is 1. The Balaban J connectivity index is 1.94. The fourth-order valence-electron chi connectivity index (χ4n) is 2.03. The number of nitrogens with one attached hydrogen (secondary N) is 1. The lowest BCUT2D eigenvalue weighted by atomic mass is 10.2. The van der Waals surface area contributed by atoms with Gasteiger partial charge in [-0.1, -0.05) is 42.5 Å². The zero-order valence-electron chi connectivity index (χ0n) is 10.3. The number of hydrogen-bond acceptors (Lipinski definition) is 2. The predicted molar refractivity (Wildman–Crippen MR) is 75.3 cm³/mol. The zero-order valence-corrected chi connectivity index (χ0v) is 10.3. The van der Waals surface area contributed by atoms with Crippen molar-refractivity contribution in [1.29, 1.82) is 0 Å². The van der Waals surface area contributed by atoms with Gasteiger partial charge in [0.15, 0.2) is 0 Å². The first kappa shape index (κ1) is 11.5. The van der Waals surface area contributed by atoms with Gasteiger partial charge in [0, 0.05) is 11.5 Å². The number of aromatic nitrogens is 1. The molecule has 3 nitrogen and oxygen atoms in total. The van der Waals surface area contributed by atoms with Gasteiger partial charge >= 0.3 is 0 Å². The Morgan fingerprint density at radius 1 is 0.947 bits per heavy atom. The van der Waals surface area contributed by atoms with E-state index in [9.17, 15) is 4.79 Å². The molecule has 0 saturated carbocycles. The van der Waals surface area contributed by atoms with E-state index in [1.807, 2.05) is 54.6 Å². The molecule has 0 fully saturated rings. The first-order valence-corrected chi connectivity index (χ1v) is 6.12. The summed E-state index contributed by atoms with van der Waals surface area (Å²) in [6.45, 7) is 0.453. The van der Waals surface area contributed by atoms with Crippen molar-refractivity contribution in [1.82, 2.24) is 4.98 Å². The van der Waals surface area contributed by atoms with Gasteiger partial charge in [0.25, 0.3) is 5.56 Å². The van der Waals surface area contributed by atoms with Crippen molar-refractivity contribution >= 4 is 10.9 Å². The van der Waals surface area contributed by atoms with Crippen LogP contribution in [0.15, 0.2) is 65.5 Å². The molecule has 0 unspecified atom stereocenters. The van der Waals surface area contributed by atoms with Gasteiger partial charge in [-0.25, -0.2) is 0 Å². The van der Waals surface area contributed by atoms with Crippen LogP contribution in [-0.4, -0.2) is 4.98 Å². The molecule has 0 aliphatic carbocycles. The molecular weight excluding hydrogens is 238 g/mol. The zero-order chi connectivity index (χ0) is 13.1. The van der Waals surface area contributed by atoms with Crippen molar-refractivity contribution in [2.45, 2.75) is 6.61 Å². The Hall–Kier alpha value is -2.55. The normalized spacial score (nSPS) is 10.5. The molecule has 3 heteroatoms. The van der Waals surface area contributed by atoms with Gasteiger partial charge in [-0.3, -0.25) is 4.79 Å². The van der Waals surface area contributed by atoms with Crippen LogP contribution < -0.4 is 10.3 Å². The number of fused-ring (bicyclic) bond motifs is 1. The molecule has 1 aromatic heterocycles. The van der Waals surface area contributed by atoms with E-state index < -0.39 is 0 Å². The summed E-state index contributed by atoms with van der Waals surface area (Å²) in [5.74, 6) is 0.614. The highest BCUT2D eigenvalue weighted by Crippen LogP contribution is 2.22. The highest BCUT2D eigenvalue weighted by Gasteiger charge is 2.04. The molecule has 0 amide bonds. The van der Waals surface area contributed by atoms with E-state index in [2.05, 4.69) is 4.98 Å². The second-order valence-corrected chi connectivity index (χ2v) is 4.32. The molecule has 1 heterocycles. The second kappa shape index (κ2) is 4.98. The molecule has 0 aliphatic rings. The summed E-state index contributed by atoms with van der Waals surface area (Å²) in [6.07, 6.45) is 0. The molecule has 0 saturated heterocycles. The average molecular weight is 251 g/mol. The first-order chi connectivity index (χ1) is 9.33. The Morgan fingerprint density at radius 3 is 2.53 bits per heavy atom. The summed E-state index contributed by atoms with van der Waals surface area (Å²) >= 11 is 0. The number of para-hydroxylation sites is 1. The molecule has 0 spiro atoms. The molecule has 2 aromatic carbocycles. The number of aromatic amines is 1. The molecule has 0 aliphatic heterocycles. The SMILES string of the molecule is O=c1cc(OCc2ccccc2)c2ccccc2[nH]1. The van der Waals surface area contributed by atoms with Gasteiger partial charge in [-0.15, -0.1) is 0 Å². The van der Waals surface area contributed by atoms with E-state index in [1.165, 1.54) is 6.07 Å². The Morgan fingerprint density at radius 2 is 1.68 bits per heavy atom. The molecule has 0 bridgehead atoms. The second-order valence-electron chi connectivity index (χ2n) is 4.32. The highest BCUT2D eigenvalue weighted by atomic mass is 16.5. The highest BCUT2D eigenvalue weighted by molar-refractivity contribution is 5.84. The third-order valence-corrected chi connectivity index (χ3v) is 2.95. The van der Waals surface area contributed by atoms with E-state index in [0.29, 0.717) is 12.4 Å². The van der Waals surface area contributed by atoms with E-state index >= 15 is 0 Å². The van der Waals surface area contributed by atoms with Crippen LogP contribution in [0.1, 0.15) is 5.56 Å². The van der Waals surface area contributed by atoms with Crippen molar-refractivity contribution in [3.05, 3.63) is 76.6 Å². The summed E-state index contributed by atoms with van der Waals surface area (Å²) < 4.78 is 5.77. The van der Waals surface area contributed by atoms with Crippen LogP contribution in [0.4, 0.5) is 0 Å².